The molecule has 0 aliphatic rings. The number of alkyl carbamates (subject to hydrolysis) is 1. The van der Waals surface area contributed by atoms with E-state index in [-0.39, 0.29) is 22.8 Å². The van der Waals surface area contributed by atoms with Crippen LogP contribution in [0.15, 0.2) is 42.6 Å². The van der Waals surface area contributed by atoms with Gasteiger partial charge in [0.2, 0.25) is 10.0 Å². The topological polar surface area (TPSA) is 118 Å². The summed E-state index contributed by atoms with van der Waals surface area (Å²) in [6, 6.07) is 7.43. The Morgan fingerprint density at radius 3 is 2.35 bits per heavy atom. The van der Waals surface area contributed by atoms with Crippen LogP contribution >= 0.6 is 11.6 Å². The Morgan fingerprint density at radius 2 is 1.77 bits per heavy atom. The maximum Gasteiger partial charge on any atom is 0.408 e. The lowest BCUT2D eigenvalue weighted by molar-refractivity contribution is 0.0502. The van der Waals surface area contributed by atoms with Crippen molar-refractivity contribution in [2.24, 2.45) is 7.05 Å². The van der Waals surface area contributed by atoms with Gasteiger partial charge in [-0.25, -0.2) is 22.0 Å². The van der Waals surface area contributed by atoms with Crippen LogP contribution in [-0.4, -0.2) is 55.2 Å². The van der Waals surface area contributed by atoms with Gasteiger partial charge in [-0.2, -0.15) is 5.10 Å². The van der Waals surface area contributed by atoms with Crippen LogP contribution in [0.5, 0.6) is 0 Å². The number of hydrogen-bond donors (Lipinski definition) is 2. The molecule has 0 bridgehead atoms. The number of pyridine rings is 1. The quantitative estimate of drug-likeness (QED) is 0.251. The second-order valence-corrected chi connectivity index (χ2v) is 13.5. The van der Waals surface area contributed by atoms with Crippen LogP contribution < -0.4 is 14.9 Å². The minimum atomic E-state index is -3.69. The van der Waals surface area contributed by atoms with Crippen LogP contribution in [0.3, 0.4) is 0 Å². The predicted octanol–water partition coefficient (Wildman–Crippen LogP) is 5.81. The van der Waals surface area contributed by atoms with E-state index < -0.39 is 39.4 Å². The number of rotatable bonds is 8. The smallest absolute Gasteiger partial charge is 0.408 e. The van der Waals surface area contributed by atoms with E-state index in [0.717, 1.165) is 12.3 Å². The summed E-state index contributed by atoms with van der Waals surface area (Å²) >= 11 is 6.56. The van der Waals surface area contributed by atoms with Crippen LogP contribution in [0.1, 0.15) is 38.1 Å². The average molecular weight is 635 g/mol. The zero-order chi connectivity index (χ0) is 31.9. The highest BCUT2D eigenvalue weighted by atomic mass is 35.5. The Balaban J connectivity index is 1.97. The molecule has 1 amide bonds. The highest BCUT2D eigenvalue weighted by Gasteiger charge is 2.27. The highest BCUT2D eigenvalue weighted by molar-refractivity contribution is 7.92. The summed E-state index contributed by atoms with van der Waals surface area (Å²) in [6.45, 7) is 5.15. The summed E-state index contributed by atoms with van der Waals surface area (Å²) in [5.41, 5.74) is 2.15. The van der Waals surface area contributed by atoms with E-state index in [2.05, 4.69) is 15.1 Å². The maximum absolute atomic E-state index is 14.2. The lowest BCUT2D eigenvalue weighted by atomic mass is 9.94. The number of anilines is 2. The van der Waals surface area contributed by atoms with E-state index in [4.69, 9.17) is 21.3 Å². The first-order chi connectivity index (χ1) is 19.9. The van der Waals surface area contributed by atoms with Gasteiger partial charge in [0.25, 0.3) is 0 Å². The molecule has 14 heteroatoms. The molecule has 0 fully saturated rings. The predicted molar refractivity (Wildman–Crippen MR) is 164 cm³/mol. The number of fused-ring (bicyclic) bond motifs is 1. The van der Waals surface area contributed by atoms with Crippen molar-refractivity contribution in [1.82, 2.24) is 20.1 Å². The third kappa shape index (κ3) is 7.71. The fourth-order valence-corrected chi connectivity index (χ4v) is 5.41. The first kappa shape index (κ1) is 32.0. The number of nitrogens with one attached hydrogen (secondary N) is 2. The SMILES string of the molecule is CN(C)c1cnc(C(Cc2cc(F)cc(F)c2)NC(=O)OC(C)(C)C)c(-c2ccc(Cl)c3c(NS(C)(=O)=O)nn(C)c23)c1. The number of ether oxygens (including phenoxy) is 1. The molecule has 230 valence electrons. The minimum absolute atomic E-state index is 0.0295. The third-order valence-corrected chi connectivity index (χ3v) is 7.19. The second kappa shape index (κ2) is 12.0. The molecule has 0 aliphatic carbocycles. The summed E-state index contributed by atoms with van der Waals surface area (Å²) in [6.07, 6.45) is 1.84. The number of aromatic nitrogens is 3. The van der Waals surface area contributed by atoms with E-state index >= 15 is 0 Å². The number of aryl methyl sites for hydroxylation is 1. The molecule has 0 radical (unpaired) electrons. The number of carbonyl (C=O) groups is 1. The monoisotopic (exact) mass is 634 g/mol. The van der Waals surface area contributed by atoms with E-state index in [1.54, 1.807) is 46.1 Å². The fraction of sp³-hybridized carbons (Fsp3) is 0.345. The van der Waals surface area contributed by atoms with E-state index in [1.165, 1.54) is 16.8 Å². The van der Waals surface area contributed by atoms with Gasteiger partial charge < -0.3 is 15.0 Å². The molecule has 0 aliphatic heterocycles. The van der Waals surface area contributed by atoms with Crippen molar-refractivity contribution in [3.63, 3.8) is 0 Å². The minimum Gasteiger partial charge on any atom is -0.444 e. The van der Waals surface area contributed by atoms with Crippen molar-refractivity contribution < 1.29 is 26.7 Å². The Bertz CT molecular complexity index is 1780. The van der Waals surface area contributed by atoms with Gasteiger partial charge in [0, 0.05) is 38.3 Å². The number of sulfonamides is 1. The standard InChI is InChI=1S/C29H33ClF2N6O4S/c1-29(2,3)42-28(39)34-23(12-16-10-17(31)13-18(32)11-16)25-21(14-19(15-33-25)37(4)5)20-8-9-22(30)24-26(20)38(6)35-27(24)36-43(7,40)41/h8-11,13-15,23H,12H2,1-7H3,(H,34,39)(H,35,36). The van der Waals surface area contributed by atoms with Crippen molar-refractivity contribution in [3.8, 4) is 11.1 Å². The number of nitrogens with zero attached hydrogens (tertiary/aromatic N) is 4. The second-order valence-electron chi connectivity index (χ2n) is 11.4. The van der Waals surface area contributed by atoms with Crippen molar-refractivity contribution in [2.45, 2.75) is 38.8 Å². The number of benzene rings is 2. The summed E-state index contributed by atoms with van der Waals surface area (Å²) in [4.78, 5) is 19.6. The zero-order valence-electron chi connectivity index (χ0n) is 24.8. The van der Waals surface area contributed by atoms with E-state index in [9.17, 15) is 22.0 Å². The third-order valence-electron chi connectivity index (χ3n) is 6.31. The van der Waals surface area contributed by atoms with Crippen LogP contribution in [0.25, 0.3) is 22.0 Å². The number of amides is 1. The molecule has 4 aromatic rings. The Hall–Kier alpha value is -3.97. The summed E-state index contributed by atoms with van der Waals surface area (Å²) in [5, 5.41) is 7.81. The molecule has 2 aromatic heterocycles. The molecule has 1 atom stereocenters. The van der Waals surface area contributed by atoms with E-state index in [1.807, 2.05) is 25.1 Å². The molecule has 43 heavy (non-hydrogen) atoms. The van der Waals surface area contributed by atoms with Crippen molar-refractivity contribution in [3.05, 3.63) is 70.5 Å². The molecule has 2 aromatic carbocycles. The fourth-order valence-electron chi connectivity index (χ4n) is 4.67. The highest BCUT2D eigenvalue weighted by Crippen LogP contribution is 2.40. The van der Waals surface area contributed by atoms with Gasteiger partial charge in [0.05, 0.1) is 45.8 Å². The molecule has 10 nitrogen and oxygen atoms in total. The van der Waals surface area contributed by atoms with Crippen LogP contribution in [0.4, 0.5) is 25.1 Å². The molecule has 0 saturated carbocycles. The molecule has 4 rings (SSSR count). The Morgan fingerprint density at radius 1 is 1.12 bits per heavy atom. The van der Waals surface area contributed by atoms with Crippen LogP contribution in [-0.2, 0) is 28.2 Å². The molecule has 2 N–H and O–H groups in total. The van der Waals surface area contributed by atoms with Gasteiger partial charge in [-0.15, -0.1) is 0 Å². The molecular weight excluding hydrogens is 602 g/mol. The normalized spacial score (nSPS) is 12.7. The molecule has 2 heterocycles. The van der Waals surface area contributed by atoms with Gasteiger partial charge in [-0.1, -0.05) is 17.7 Å². The maximum atomic E-state index is 14.2. The number of hydrogen-bond acceptors (Lipinski definition) is 7. The summed E-state index contributed by atoms with van der Waals surface area (Å²) in [5.74, 6) is -1.48. The van der Waals surface area contributed by atoms with Gasteiger partial charge in [-0.3, -0.25) is 14.4 Å². The van der Waals surface area contributed by atoms with Crippen molar-refractivity contribution in [1.29, 1.82) is 0 Å². The first-order valence-electron chi connectivity index (χ1n) is 13.2. The van der Waals surface area contributed by atoms with Gasteiger partial charge in [-0.05, 0) is 57.0 Å². The number of carbonyl (C=O) groups excluding carboxylic acids is 1. The molecule has 1 unspecified atom stereocenters. The van der Waals surface area contributed by atoms with Crippen molar-refractivity contribution in [2.75, 3.05) is 30.0 Å². The van der Waals surface area contributed by atoms with Gasteiger partial charge in [0.15, 0.2) is 5.82 Å². The Kier molecular flexibility index (Phi) is 8.89. The van der Waals surface area contributed by atoms with Crippen LogP contribution in [0, 0.1) is 11.6 Å². The zero-order valence-corrected chi connectivity index (χ0v) is 26.4. The largest absolute Gasteiger partial charge is 0.444 e. The molecule has 0 spiro atoms. The lowest BCUT2D eigenvalue weighted by Crippen LogP contribution is -2.36. The molecule has 0 saturated heterocycles. The van der Waals surface area contributed by atoms with Crippen LogP contribution in [0.2, 0.25) is 5.02 Å². The van der Waals surface area contributed by atoms with Gasteiger partial charge in [0.1, 0.15) is 17.2 Å². The molecular formula is C29H33ClF2N6O4S. The summed E-state index contributed by atoms with van der Waals surface area (Å²) in [7, 11) is 1.63. The van der Waals surface area contributed by atoms with E-state index in [0.29, 0.717) is 33.4 Å². The lowest BCUT2D eigenvalue weighted by Gasteiger charge is -2.26. The number of halogens is 3. The first-order valence-corrected chi connectivity index (χ1v) is 15.4. The Labute approximate surface area is 254 Å². The average Bonchev–Trinajstić information content (AvgIpc) is 3.16. The van der Waals surface area contributed by atoms with Crippen molar-refractivity contribution >= 4 is 50.1 Å². The summed E-state index contributed by atoms with van der Waals surface area (Å²) < 4.78 is 61.9. The van der Waals surface area contributed by atoms with Gasteiger partial charge >= 0.3 is 6.09 Å².